The fraction of sp³-hybridized carbons (Fsp3) is 0.429. The monoisotopic (exact) mass is 297 g/mol. The molecular weight excluding hydrogens is 278 g/mol. The Hall–Kier alpha value is -0.800. The highest BCUT2D eigenvalue weighted by atomic mass is 79.9. The lowest BCUT2D eigenvalue weighted by molar-refractivity contribution is 0.360. The average molecular weight is 298 g/mol. The zero-order valence-electron chi connectivity index (χ0n) is 10.5. The molecule has 3 heteroatoms. The second-order valence-electron chi connectivity index (χ2n) is 3.89. The van der Waals surface area contributed by atoms with E-state index in [9.17, 15) is 0 Å². The van der Waals surface area contributed by atoms with Gasteiger partial charge in [0.25, 0.3) is 0 Å². The zero-order chi connectivity index (χ0) is 12.7. The van der Waals surface area contributed by atoms with Crippen LogP contribution in [0.2, 0.25) is 0 Å². The molecule has 2 nitrogen and oxygen atoms in total. The first-order valence-electron chi connectivity index (χ1n) is 5.96. The number of hydrogen-bond donors (Lipinski definition) is 1. The first-order valence-corrected chi connectivity index (χ1v) is 6.76. The second kappa shape index (κ2) is 7.51. The smallest absolute Gasteiger partial charge is 0.119 e. The van der Waals surface area contributed by atoms with E-state index in [1.807, 2.05) is 12.1 Å². The standard InChI is InChI=1S/C14H20BrNO/c1-4-14(16-5-2)12-6-8-13(9-7-12)17-10-11(3)15/h6-9,14,16H,3-5,10H2,1-2H3. The van der Waals surface area contributed by atoms with Crippen LogP contribution in [-0.2, 0) is 0 Å². The van der Waals surface area contributed by atoms with Gasteiger partial charge in [-0.15, -0.1) is 0 Å². The van der Waals surface area contributed by atoms with Crippen LogP contribution in [0, 0.1) is 0 Å². The van der Waals surface area contributed by atoms with Crippen LogP contribution in [0.4, 0.5) is 0 Å². The van der Waals surface area contributed by atoms with E-state index in [4.69, 9.17) is 4.74 Å². The molecule has 0 amide bonds. The first kappa shape index (κ1) is 14.3. The molecule has 0 aliphatic rings. The lowest BCUT2D eigenvalue weighted by Crippen LogP contribution is -2.19. The van der Waals surface area contributed by atoms with Crippen LogP contribution in [0.1, 0.15) is 31.9 Å². The van der Waals surface area contributed by atoms with Crippen LogP contribution in [0.5, 0.6) is 5.75 Å². The minimum absolute atomic E-state index is 0.431. The van der Waals surface area contributed by atoms with Gasteiger partial charge in [-0.05, 0) is 30.7 Å². The third kappa shape index (κ3) is 4.92. The Labute approximate surface area is 112 Å². The van der Waals surface area contributed by atoms with Crippen LogP contribution < -0.4 is 10.1 Å². The van der Waals surface area contributed by atoms with E-state index in [0.29, 0.717) is 12.6 Å². The minimum atomic E-state index is 0.431. The van der Waals surface area contributed by atoms with Crippen LogP contribution in [0.3, 0.4) is 0 Å². The van der Waals surface area contributed by atoms with Crippen molar-refractivity contribution in [2.45, 2.75) is 26.3 Å². The summed E-state index contributed by atoms with van der Waals surface area (Å²) in [6.45, 7) is 9.54. The van der Waals surface area contributed by atoms with Gasteiger partial charge in [-0.25, -0.2) is 0 Å². The molecule has 0 aliphatic carbocycles. The highest BCUT2D eigenvalue weighted by Gasteiger charge is 2.07. The second-order valence-corrected chi connectivity index (χ2v) is 5.01. The van der Waals surface area contributed by atoms with Crippen molar-refractivity contribution < 1.29 is 4.74 Å². The van der Waals surface area contributed by atoms with Crippen molar-refractivity contribution >= 4 is 15.9 Å². The summed E-state index contributed by atoms with van der Waals surface area (Å²) in [5.74, 6) is 0.876. The summed E-state index contributed by atoms with van der Waals surface area (Å²) < 4.78 is 6.38. The zero-order valence-corrected chi connectivity index (χ0v) is 12.1. The van der Waals surface area contributed by atoms with E-state index < -0.39 is 0 Å². The largest absolute Gasteiger partial charge is 0.488 e. The summed E-state index contributed by atoms with van der Waals surface area (Å²) in [4.78, 5) is 0. The summed E-state index contributed by atoms with van der Waals surface area (Å²) in [7, 11) is 0. The van der Waals surface area contributed by atoms with Crippen molar-refractivity contribution in [2.75, 3.05) is 13.2 Å². The molecule has 0 heterocycles. The first-order chi connectivity index (χ1) is 8.17. The van der Waals surface area contributed by atoms with Crippen molar-refractivity contribution in [1.29, 1.82) is 0 Å². The molecule has 0 radical (unpaired) electrons. The topological polar surface area (TPSA) is 21.3 Å². The molecule has 0 spiro atoms. The lowest BCUT2D eigenvalue weighted by Gasteiger charge is -2.16. The molecule has 1 atom stereocenters. The minimum Gasteiger partial charge on any atom is -0.488 e. The maximum absolute atomic E-state index is 5.53. The van der Waals surface area contributed by atoms with Gasteiger partial charge in [-0.2, -0.15) is 0 Å². The number of rotatable bonds is 7. The van der Waals surface area contributed by atoms with Gasteiger partial charge in [-0.1, -0.05) is 48.5 Å². The average Bonchev–Trinajstić information content (AvgIpc) is 2.34. The Bertz CT molecular complexity index is 348. The number of ether oxygens (including phenoxy) is 1. The lowest BCUT2D eigenvalue weighted by atomic mass is 10.0. The third-order valence-electron chi connectivity index (χ3n) is 2.54. The van der Waals surface area contributed by atoms with Gasteiger partial charge >= 0.3 is 0 Å². The quantitative estimate of drug-likeness (QED) is 0.820. The fourth-order valence-corrected chi connectivity index (χ4v) is 1.82. The Morgan fingerprint density at radius 3 is 2.47 bits per heavy atom. The third-order valence-corrected chi connectivity index (χ3v) is 2.77. The summed E-state index contributed by atoms with van der Waals surface area (Å²) in [5.41, 5.74) is 1.30. The molecule has 0 saturated heterocycles. The van der Waals surface area contributed by atoms with Crippen molar-refractivity contribution in [2.24, 2.45) is 0 Å². The summed E-state index contributed by atoms with van der Waals surface area (Å²) in [6.07, 6.45) is 1.09. The highest BCUT2D eigenvalue weighted by Crippen LogP contribution is 2.20. The maximum atomic E-state index is 5.53. The van der Waals surface area contributed by atoms with E-state index in [1.165, 1.54) is 5.56 Å². The molecule has 1 unspecified atom stereocenters. The molecular formula is C14H20BrNO. The Morgan fingerprint density at radius 2 is 2.00 bits per heavy atom. The van der Waals surface area contributed by atoms with Crippen LogP contribution in [-0.4, -0.2) is 13.2 Å². The van der Waals surface area contributed by atoms with Crippen molar-refractivity contribution in [3.63, 3.8) is 0 Å². The molecule has 0 aliphatic heterocycles. The molecule has 1 N–H and O–H groups in total. The van der Waals surface area contributed by atoms with Gasteiger partial charge in [-0.3, -0.25) is 0 Å². The van der Waals surface area contributed by atoms with E-state index in [1.54, 1.807) is 0 Å². The predicted molar refractivity (Wildman–Crippen MR) is 76.7 cm³/mol. The number of hydrogen-bond acceptors (Lipinski definition) is 2. The van der Waals surface area contributed by atoms with Crippen molar-refractivity contribution in [3.05, 3.63) is 40.9 Å². The Balaban J connectivity index is 2.62. The van der Waals surface area contributed by atoms with E-state index in [0.717, 1.165) is 23.2 Å². The van der Waals surface area contributed by atoms with Crippen molar-refractivity contribution in [1.82, 2.24) is 5.32 Å². The molecule has 0 bridgehead atoms. The van der Waals surface area contributed by atoms with Gasteiger partial charge in [0.15, 0.2) is 0 Å². The van der Waals surface area contributed by atoms with E-state index >= 15 is 0 Å². The Morgan fingerprint density at radius 1 is 1.35 bits per heavy atom. The van der Waals surface area contributed by atoms with Gasteiger partial charge in [0, 0.05) is 10.5 Å². The molecule has 0 aromatic heterocycles. The molecule has 1 rings (SSSR count). The summed E-state index contributed by atoms with van der Waals surface area (Å²) >= 11 is 3.27. The molecule has 94 valence electrons. The number of benzene rings is 1. The summed E-state index contributed by atoms with van der Waals surface area (Å²) in [5, 5.41) is 3.46. The fourth-order valence-electron chi connectivity index (χ4n) is 1.70. The normalized spacial score (nSPS) is 12.2. The van der Waals surface area contributed by atoms with Crippen LogP contribution in [0.25, 0.3) is 0 Å². The highest BCUT2D eigenvalue weighted by molar-refractivity contribution is 9.11. The van der Waals surface area contributed by atoms with Gasteiger partial charge in [0.1, 0.15) is 12.4 Å². The molecule has 17 heavy (non-hydrogen) atoms. The van der Waals surface area contributed by atoms with E-state index in [2.05, 4.69) is 53.8 Å². The van der Waals surface area contributed by atoms with Gasteiger partial charge in [0.05, 0.1) is 0 Å². The Kier molecular flexibility index (Phi) is 6.30. The SMILES string of the molecule is C=C(Br)COc1ccc(C(CC)NCC)cc1. The molecule has 1 aromatic carbocycles. The number of nitrogens with one attached hydrogen (secondary N) is 1. The number of halogens is 1. The molecule has 0 fully saturated rings. The van der Waals surface area contributed by atoms with Crippen molar-refractivity contribution in [3.8, 4) is 5.75 Å². The van der Waals surface area contributed by atoms with Crippen LogP contribution >= 0.6 is 15.9 Å². The van der Waals surface area contributed by atoms with E-state index in [-0.39, 0.29) is 0 Å². The summed E-state index contributed by atoms with van der Waals surface area (Å²) in [6, 6.07) is 8.67. The van der Waals surface area contributed by atoms with Crippen LogP contribution in [0.15, 0.2) is 35.3 Å². The molecule has 0 saturated carbocycles. The predicted octanol–water partition coefficient (Wildman–Crippen LogP) is 4.03. The molecule has 1 aromatic rings. The maximum Gasteiger partial charge on any atom is 0.119 e. The van der Waals surface area contributed by atoms with Gasteiger partial charge in [0.2, 0.25) is 0 Å². The van der Waals surface area contributed by atoms with Gasteiger partial charge < -0.3 is 10.1 Å².